The Bertz CT molecular complexity index is 1100. The van der Waals surface area contributed by atoms with Gasteiger partial charge in [0.15, 0.2) is 0 Å². The maximum Gasteiger partial charge on any atom is 0.254 e. The minimum atomic E-state index is -0.0481. The summed E-state index contributed by atoms with van der Waals surface area (Å²) in [5.74, 6) is 1.76. The van der Waals surface area contributed by atoms with Gasteiger partial charge < -0.3 is 14.8 Å². The SMILES string of the molecule is Cc1noc(C)c1CCC(=O)NCC1CCc2nc(-c3ccccc3)[nH]c(=O)c2CC1. The number of aromatic amines is 1. The number of fused-ring (bicyclic) bond motifs is 1. The summed E-state index contributed by atoms with van der Waals surface area (Å²) in [5.41, 5.74) is 4.39. The number of nitrogens with zero attached hydrogens (tertiary/aromatic N) is 2. The zero-order valence-corrected chi connectivity index (χ0v) is 18.0. The molecule has 0 aliphatic heterocycles. The lowest BCUT2D eigenvalue weighted by molar-refractivity contribution is -0.121. The van der Waals surface area contributed by atoms with Gasteiger partial charge in [-0.1, -0.05) is 35.5 Å². The van der Waals surface area contributed by atoms with Crippen LogP contribution < -0.4 is 10.9 Å². The van der Waals surface area contributed by atoms with Crippen molar-refractivity contribution in [2.24, 2.45) is 5.92 Å². The number of aryl methyl sites for hydroxylation is 3. The molecule has 0 fully saturated rings. The van der Waals surface area contributed by atoms with Crippen molar-refractivity contribution in [2.75, 3.05) is 6.54 Å². The van der Waals surface area contributed by atoms with E-state index in [0.29, 0.717) is 37.5 Å². The van der Waals surface area contributed by atoms with Gasteiger partial charge >= 0.3 is 0 Å². The molecule has 2 heterocycles. The maximum atomic E-state index is 12.7. The van der Waals surface area contributed by atoms with Crippen molar-refractivity contribution in [2.45, 2.75) is 52.4 Å². The van der Waals surface area contributed by atoms with Crippen LogP contribution in [0.15, 0.2) is 39.6 Å². The molecule has 0 saturated heterocycles. The Kier molecular flexibility index (Phi) is 6.30. The van der Waals surface area contributed by atoms with Crippen LogP contribution in [0.3, 0.4) is 0 Å². The molecule has 0 spiro atoms. The molecule has 0 saturated carbocycles. The fourth-order valence-corrected chi connectivity index (χ4v) is 4.22. The van der Waals surface area contributed by atoms with E-state index in [4.69, 9.17) is 9.51 Å². The van der Waals surface area contributed by atoms with E-state index >= 15 is 0 Å². The van der Waals surface area contributed by atoms with Gasteiger partial charge in [0.25, 0.3) is 5.56 Å². The van der Waals surface area contributed by atoms with Crippen LogP contribution in [0.25, 0.3) is 11.4 Å². The minimum Gasteiger partial charge on any atom is -0.361 e. The van der Waals surface area contributed by atoms with E-state index in [1.807, 2.05) is 44.2 Å². The van der Waals surface area contributed by atoms with Crippen LogP contribution in [0.4, 0.5) is 0 Å². The molecule has 31 heavy (non-hydrogen) atoms. The average Bonchev–Trinajstić information content (AvgIpc) is 2.97. The van der Waals surface area contributed by atoms with Crippen molar-refractivity contribution >= 4 is 5.91 Å². The molecule has 1 atom stereocenters. The molecule has 1 aromatic carbocycles. The molecule has 162 valence electrons. The van der Waals surface area contributed by atoms with Gasteiger partial charge in [-0.05, 0) is 51.9 Å². The zero-order chi connectivity index (χ0) is 21.8. The standard InChI is InChI=1S/C24H28N4O3/c1-15-19(16(2)31-28-15)11-13-22(29)25-14-17-8-10-20-21(12-9-17)26-23(27-24(20)30)18-6-4-3-5-7-18/h3-7,17H,8-14H2,1-2H3,(H,25,29)(H,26,27,30). The Morgan fingerprint density at radius 3 is 2.71 bits per heavy atom. The molecule has 0 radical (unpaired) electrons. The predicted molar refractivity (Wildman–Crippen MR) is 118 cm³/mol. The van der Waals surface area contributed by atoms with Crippen molar-refractivity contribution in [1.29, 1.82) is 0 Å². The summed E-state index contributed by atoms with van der Waals surface area (Å²) in [6, 6.07) is 9.71. The van der Waals surface area contributed by atoms with E-state index in [2.05, 4.69) is 15.5 Å². The lowest BCUT2D eigenvalue weighted by Crippen LogP contribution is -2.29. The molecule has 2 aromatic heterocycles. The summed E-state index contributed by atoms with van der Waals surface area (Å²) in [5, 5.41) is 7.00. The van der Waals surface area contributed by atoms with Crippen LogP contribution in [0.5, 0.6) is 0 Å². The third-order valence-corrected chi connectivity index (χ3v) is 6.11. The summed E-state index contributed by atoms with van der Waals surface area (Å²) < 4.78 is 5.16. The Hall–Kier alpha value is -3.22. The molecule has 7 nitrogen and oxygen atoms in total. The molecule has 1 unspecified atom stereocenters. The highest BCUT2D eigenvalue weighted by molar-refractivity contribution is 5.76. The molecular weight excluding hydrogens is 392 g/mol. The lowest BCUT2D eigenvalue weighted by Gasteiger charge is -2.14. The second-order valence-electron chi connectivity index (χ2n) is 8.26. The third-order valence-electron chi connectivity index (χ3n) is 6.11. The first-order valence-corrected chi connectivity index (χ1v) is 10.9. The molecule has 1 aliphatic rings. The van der Waals surface area contributed by atoms with E-state index < -0.39 is 0 Å². The molecule has 7 heteroatoms. The Balaban J connectivity index is 1.33. The summed E-state index contributed by atoms with van der Waals surface area (Å²) in [7, 11) is 0. The van der Waals surface area contributed by atoms with Crippen molar-refractivity contribution in [3.05, 3.63) is 69.0 Å². The largest absolute Gasteiger partial charge is 0.361 e. The fraction of sp³-hybridized carbons (Fsp3) is 0.417. The van der Waals surface area contributed by atoms with Crippen LogP contribution in [0, 0.1) is 19.8 Å². The van der Waals surface area contributed by atoms with E-state index in [1.165, 1.54) is 0 Å². The monoisotopic (exact) mass is 420 g/mol. The third kappa shape index (κ3) is 4.93. The van der Waals surface area contributed by atoms with Gasteiger partial charge in [-0.15, -0.1) is 0 Å². The number of aromatic nitrogens is 3. The van der Waals surface area contributed by atoms with Gasteiger partial charge in [-0.25, -0.2) is 4.98 Å². The van der Waals surface area contributed by atoms with Crippen LogP contribution in [0.1, 0.15) is 47.5 Å². The lowest BCUT2D eigenvalue weighted by atomic mass is 9.99. The topological polar surface area (TPSA) is 101 Å². The molecule has 3 aromatic rings. The van der Waals surface area contributed by atoms with Crippen LogP contribution in [-0.4, -0.2) is 27.6 Å². The first-order valence-electron chi connectivity index (χ1n) is 10.9. The summed E-state index contributed by atoms with van der Waals surface area (Å²) in [4.78, 5) is 32.7. The number of carbonyl (C=O) groups is 1. The normalized spacial score (nSPS) is 15.9. The van der Waals surface area contributed by atoms with Crippen LogP contribution in [-0.2, 0) is 24.1 Å². The number of hydrogen-bond donors (Lipinski definition) is 2. The van der Waals surface area contributed by atoms with Gasteiger partial charge in [0.05, 0.1) is 11.4 Å². The fourth-order valence-electron chi connectivity index (χ4n) is 4.22. The second-order valence-corrected chi connectivity index (χ2v) is 8.26. The zero-order valence-electron chi connectivity index (χ0n) is 18.0. The van der Waals surface area contributed by atoms with Crippen molar-refractivity contribution in [3.63, 3.8) is 0 Å². The molecule has 4 rings (SSSR count). The molecule has 1 amide bonds. The number of benzene rings is 1. The number of amides is 1. The number of carbonyl (C=O) groups excluding carboxylic acids is 1. The first-order chi connectivity index (χ1) is 15.0. The number of H-pyrrole nitrogens is 1. The minimum absolute atomic E-state index is 0.0316. The van der Waals surface area contributed by atoms with Crippen LogP contribution >= 0.6 is 0 Å². The number of rotatable bonds is 6. The Morgan fingerprint density at radius 2 is 1.97 bits per heavy atom. The van der Waals surface area contributed by atoms with Crippen molar-refractivity contribution in [3.8, 4) is 11.4 Å². The smallest absolute Gasteiger partial charge is 0.254 e. The summed E-state index contributed by atoms with van der Waals surface area (Å²) >= 11 is 0. The average molecular weight is 421 g/mol. The molecule has 2 N–H and O–H groups in total. The van der Waals surface area contributed by atoms with Gasteiger partial charge in [-0.3, -0.25) is 9.59 Å². The van der Waals surface area contributed by atoms with Crippen molar-refractivity contribution in [1.82, 2.24) is 20.4 Å². The van der Waals surface area contributed by atoms with Gasteiger partial charge in [-0.2, -0.15) is 0 Å². The highest BCUT2D eigenvalue weighted by Gasteiger charge is 2.21. The van der Waals surface area contributed by atoms with E-state index in [-0.39, 0.29) is 11.5 Å². The maximum absolute atomic E-state index is 12.7. The molecule has 0 bridgehead atoms. The van der Waals surface area contributed by atoms with Gasteiger partial charge in [0.2, 0.25) is 5.91 Å². The molecule has 1 aliphatic carbocycles. The number of hydrogen-bond acceptors (Lipinski definition) is 5. The predicted octanol–water partition coefficient (Wildman–Crippen LogP) is 3.29. The van der Waals surface area contributed by atoms with Gasteiger partial charge in [0.1, 0.15) is 11.6 Å². The highest BCUT2D eigenvalue weighted by Crippen LogP contribution is 2.23. The van der Waals surface area contributed by atoms with Crippen LogP contribution in [0.2, 0.25) is 0 Å². The van der Waals surface area contributed by atoms with Crippen molar-refractivity contribution < 1.29 is 9.32 Å². The summed E-state index contributed by atoms with van der Waals surface area (Å²) in [6.07, 6.45) is 4.25. The van der Waals surface area contributed by atoms with E-state index in [9.17, 15) is 9.59 Å². The second kappa shape index (κ2) is 9.29. The Morgan fingerprint density at radius 1 is 1.19 bits per heavy atom. The highest BCUT2D eigenvalue weighted by atomic mass is 16.5. The quantitative estimate of drug-likeness (QED) is 0.596. The summed E-state index contributed by atoms with van der Waals surface area (Å²) in [6.45, 7) is 4.39. The van der Waals surface area contributed by atoms with E-state index in [0.717, 1.165) is 53.1 Å². The molecular formula is C24H28N4O3. The Labute approximate surface area is 181 Å². The van der Waals surface area contributed by atoms with E-state index in [1.54, 1.807) is 0 Å². The first kappa shape index (κ1) is 21.0. The number of nitrogens with one attached hydrogen (secondary N) is 2. The van der Waals surface area contributed by atoms with Gasteiger partial charge in [0, 0.05) is 29.7 Å².